The Morgan fingerprint density at radius 3 is 2.13 bits per heavy atom. The Morgan fingerprint density at radius 1 is 1.07 bits per heavy atom. The standard InChI is InChI=1S/C11H20O4/c1-4-7-9(15-11(13)6-3)8-14-10(12)5-2/h9H,4-8H2,1-3H3. The van der Waals surface area contributed by atoms with Crippen molar-refractivity contribution >= 4 is 11.9 Å². The van der Waals surface area contributed by atoms with E-state index in [0.717, 1.165) is 12.8 Å². The van der Waals surface area contributed by atoms with Gasteiger partial charge in [-0.15, -0.1) is 0 Å². The van der Waals surface area contributed by atoms with E-state index in [2.05, 4.69) is 0 Å². The molecule has 0 aromatic heterocycles. The monoisotopic (exact) mass is 216 g/mol. The zero-order valence-electron chi connectivity index (χ0n) is 9.75. The Balaban J connectivity index is 3.92. The normalized spacial score (nSPS) is 11.9. The van der Waals surface area contributed by atoms with Gasteiger partial charge >= 0.3 is 11.9 Å². The molecule has 0 rings (SSSR count). The third-order valence-electron chi connectivity index (χ3n) is 1.92. The Bertz CT molecular complexity index is 201. The van der Waals surface area contributed by atoms with Crippen LogP contribution in [0.1, 0.15) is 46.5 Å². The van der Waals surface area contributed by atoms with Crippen molar-refractivity contribution in [1.82, 2.24) is 0 Å². The molecule has 0 spiro atoms. The van der Waals surface area contributed by atoms with Gasteiger partial charge in [0, 0.05) is 12.8 Å². The quantitative estimate of drug-likeness (QED) is 0.611. The van der Waals surface area contributed by atoms with Crippen molar-refractivity contribution in [3.05, 3.63) is 0 Å². The summed E-state index contributed by atoms with van der Waals surface area (Å²) in [6, 6.07) is 0. The molecule has 0 fully saturated rings. The zero-order chi connectivity index (χ0) is 11.7. The number of ether oxygens (including phenoxy) is 2. The molecule has 0 aromatic carbocycles. The maximum Gasteiger partial charge on any atom is 0.305 e. The number of rotatable bonds is 7. The van der Waals surface area contributed by atoms with Crippen molar-refractivity contribution in [2.24, 2.45) is 0 Å². The summed E-state index contributed by atoms with van der Waals surface area (Å²) in [6.45, 7) is 5.64. The first-order valence-corrected chi connectivity index (χ1v) is 5.49. The summed E-state index contributed by atoms with van der Waals surface area (Å²) in [4.78, 5) is 22.0. The van der Waals surface area contributed by atoms with Crippen LogP contribution in [0.2, 0.25) is 0 Å². The van der Waals surface area contributed by atoms with Crippen LogP contribution in [-0.2, 0) is 19.1 Å². The van der Waals surface area contributed by atoms with E-state index in [1.54, 1.807) is 13.8 Å². The van der Waals surface area contributed by atoms with E-state index in [9.17, 15) is 9.59 Å². The van der Waals surface area contributed by atoms with Gasteiger partial charge in [-0.2, -0.15) is 0 Å². The number of esters is 2. The molecular formula is C11H20O4. The lowest BCUT2D eigenvalue weighted by molar-refractivity contribution is -0.159. The molecule has 15 heavy (non-hydrogen) atoms. The van der Waals surface area contributed by atoms with E-state index in [-0.39, 0.29) is 24.6 Å². The highest BCUT2D eigenvalue weighted by atomic mass is 16.6. The molecule has 0 bridgehead atoms. The lowest BCUT2D eigenvalue weighted by atomic mass is 10.2. The molecule has 0 saturated carbocycles. The summed E-state index contributed by atoms with van der Waals surface area (Å²) < 4.78 is 10.1. The summed E-state index contributed by atoms with van der Waals surface area (Å²) in [5.41, 5.74) is 0. The van der Waals surface area contributed by atoms with Crippen LogP contribution in [0.4, 0.5) is 0 Å². The summed E-state index contributed by atoms with van der Waals surface area (Å²) in [7, 11) is 0. The highest BCUT2D eigenvalue weighted by molar-refractivity contribution is 5.69. The molecule has 1 atom stereocenters. The number of hydrogen-bond acceptors (Lipinski definition) is 4. The molecule has 0 radical (unpaired) electrons. The second-order valence-corrected chi connectivity index (χ2v) is 3.29. The number of hydrogen-bond donors (Lipinski definition) is 0. The minimum absolute atomic E-state index is 0.173. The van der Waals surface area contributed by atoms with E-state index in [1.165, 1.54) is 0 Å². The molecule has 0 heterocycles. The van der Waals surface area contributed by atoms with Gasteiger partial charge in [0.2, 0.25) is 0 Å². The van der Waals surface area contributed by atoms with Gasteiger partial charge in [-0.05, 0) is 6.42 Å². The molecule has 1 unspecified atom stereocenters. The van der Waals surface area contributed by atoms with E-state index >= 15 is 0 Å². The molecule has 4 nitrogen and oxygen atoms in total. The van der Waals surface area contributed by atoms with E-state index in [4.69, 9.17) is 9.47 Å². The summed E-state index contributed by atoms with van der Waals surface area (Å²) in [5.74, 6) is -0.510. The van der Waals surface area contributed by atoms with Crippen molar-refractivity contribution in [3.63, 3.8) is 0 Å². The van der Waals surface area contributed by atoms with Crippen LogP contribution in [0, 0.1) is 0 Å². The third-order valence-corrected chi connectivity index (χ3v) is 1.92. The van der Waals surface area contributed by atoms with Crippen LogP contribution in [0.25, 0.3) is 0 Å². The fraction of sp³-hybridized carbons (Fsp3) is 0.818. The zero-order valence-corrected chi connectivity index (χ0v) is 9.75. The number of carbonyl (C=O) groups excluding carboxylic acids is 2. The first-order chi connectivity index (χ1) is 7.13. The van der Waals surface area contributed by atoms with Crippen LogP contribution >= 0.6 is 0 Å². The van der Waals surface area contributed by atoms with Gasteiger partial charge in [0.25, 0.3) is 0 Å². The van der Waals surface area contributed by atoms with Crippen molar-refractivity contribution < 1.29 is 19.1 Å². The lowest BCUT2D eigenvalue weighted by Crippen LogP contribution is -2.24. The van der Waals surface area contributed by atoms with Gasteiger partial charge in [-0.25, -0.2) is 0 Å². The topological polar surface area (TPSA) is 52.6 Å². The fourth-order valence-electron chi connectivity index (χ4n) is 1.06. The highest BCUT2D eigenvalue weighted by Crippen LogP contribution is 2.05. The van der Waals surface area contributed by atoms with Gasteiger partial charge in [-0.3, -0.25) is 9.59 Å². The molecule has 0 N–H and O–H groups in total. The summed E-state index contributed by atoms with van der Waals surface area (Å²) >= 11 is 0. The van der Waals surface area contributed by atoms with Crippen molar-refractivity contribution in [1.29, 1.82) is 0 Å². The molecule has 0 aliphatic heterocycles. The molecule has 4 heteroatoms. The van der Waals surface area contributed by atoms with Gasteiger partial charge in [0.15, 0.2) is 0 Å². The Morgan fingerprint density at radius 2 is 1.67 bits per heavy atom. The molecule has 0 amide bonds. The minimum Gasteiger partial charge on any atom is -0.462 e. The van der Waals surface area contributed by atoms with Gasteiger partial charge < -0.3 is 9.47 Å². The van der Waals surface area contributed by atoms with E-state index in [1.807, 2.05) is 6.92 Å². The van der Waals surface area contributed by atoms with Crippen LogP contribution in [0.5, 0.6) is 0 Å². The first kappa shape index (κ1) is 13.9. The average molecular weight is 216 g/mol. The average Bonchev–Trinajstić information content (AvgIpc) is 2.25. The van der Waals surface area contributed by atoms with Gasteiger partial charge in [0.1, 0.15) is 12.7 Å². The van der Waals surface area contributed by atoms with Crippen LogP contribution < -0.4 is 0 Å². The maximum atomic E-state index is 11.0. The van der Waals surface area contributed by atoms with Gasteiger partial charge in [0.05, 0.1) is 0 Å². The highest BCUT2D eigenvalue weighted by Gasteiger charge is 2.14. The molecule has 0 aliphatic rings. The Kier molecular flexibility index (Phi) is 7.68. The smallest absolute Gasteiger partial charge is 0.305 e. The predicted octanol–water partition coefficient (Wildman–Crippen LogP) is 2.06. The summed E-state index contributed by atoms with van der Waals surface area (Å²) in [6.07, 6.45) is 2.02. The molecule has 88 valence electrons. The molecule has 0 aromatic rings. The van der Waals surface area contributed by atoms with Gasteiger partial charge in [-0.1, -0.05) is 27.2 Å². The second kappa shape index (κ2) is 8.26. The van der Waals surface area contributed by atoms with Crippen LogP contribution in [0.3, 0.4) is 0 Å². The molecular weight excluding hydrogens is 196 g/mol. The number of carbonyl (C=O) groups is 2. The SMILES string of the molecule is CCCC(COC(=O)CC)OC(=O)CC. The Hall–Kier alpha value is -1.06. The van der Waals surface area contributed by atoms with Crippen molar-refractivity contribution in [3.8, 4) is 0 Å². The third kappa shape index (κ3) is 6.94. The molecule has 0 saturated heterocycles. The Labute approximate surface area is 90.9 Å². The largest absolute Gasteiger partial charge is 0.462 e. The lowest BCUT2D eigenvalue weighted by Gasteiger charge is -2.16. The fourth-order valence-corrected chi connectivity index (χ4v) is 1.06. The van der Waals surface area contributed by atoms with Crippen LogP contribution in [-0.4, -0.2) is 24.6 Å². The predicted molar refractivity (Wildman–Crippen MR) is 56.3 cm³/mol. The van der Waals surface area contributed by atoms with Crippen molar-refractivity contribution in [2.45, 2.75) is 52.6 Å². The maximum absolute atomic E-state index is 11.0. The molecule has 0 aliphatic carbocycles. The van der Waals surface area contributed by atoms with E-state index in [0.29, 0.717) is 12.8 Å². The van der Waals surface area contributed by atoms with Crippen LogP contribution in [0.15, 0.2) is 0 Å². The van der Waals surface area contributed by atoms with E-state index < -0.39 is 0 Å². The summed E-state index contributed by atoms with van der Waals surface area (Å²) in [5, 5.41) is 0. The van der Waals surface area contributed by atoms with Crippen molar-refractivity contribution in [2.75, 3.05) is 6.61 Å². The first-order valence-electron chi connectivity index (χ1n) is 5.49. The second-order valence-electron chi connectivity index (χ2n) is 3.29. The minimum atomic E-state index is -0.294.